The van der Waals surface area contributed by atoms with E-state index < -0.39 is 0 Å². The number of fused-ring (bicyclic) bond motifs is 1. The Morgan fingerprint density at radius 1 is 1.25 bits per heavy atom. The summed E-state index contributed by atoms with van der Waals surface area (Å²) in [7, 11) is 0. The highest BCUT2D eigenvalue weighted by Gasteiger charge is 2.27. The minimum Gasteiger partial charge on any atom is -0.338 e. The lowest BCUT2D eigenvalue weighted by molar-refractivity contribution is 0.711. The zero-order valence-electron chi connectivity index (χ0n) is 12.1. The summed E-state index contributed by atoms with van der Waals surface area (Å²) >= 11 is 0. The monoisotopic (exact) mass is 267 g/mol. The number of hydrogen-bond donors (Lipinski definition) is 1. The minimum absolute atomic E-state index is 0.496. The van der Waals surface area contributed by atoms with Gasteiger partial charge in [-0.2, -0.15) is 0 Å². The van der Waals surface area contributed by atoms with Crippen LogP contribution < -0.4 is 10.2 Å². The first-order chi connectivity index (χ1) is 9.81. The highest BCUT2D eigenvalue weighted by Crippen LogP contribution is 2.39. The Hall–Kier alpha value is -1.87. The molecule has 0 fully saturated rings. The first-order valence-corrected chi connectivity index (χ1v) is 7.32. The fourth-order valence-corrected chi connectivity index (χ4v) is 2.98. The number of hydrogen-bond acceptors (Lipinski definition) is 3. The van der Waals surface area contributed by atoms with Gasteiger partial charge in [0.1, 0.15) is 0 Å². The molecule has 2 heterocycles. The van der Waals surface area contributed by atoms with Crippen molar-refractivity contribution < 1.29 is 0 Å². The van der Waals surface area contributed by atoms with Gasteiger partial charge in [0, 0.05) is 41.9 Å². The predicted molar refractivity (Wildman–Crippen MR) is 83.4 cm³/mol. The number of para-hydroxylation sites is 1. The second kappa shape index (κ2) is 5.63. The van der Waals surface area contributed by atoms with Crippen molar-refractivity contribution in [3.63, 3.8) is 0 Å². The van der Waals surface area contributed by atoms with Gasteiger partial charge in [-0.25, -0.2) is 0 Å². The topological polar surface area (TPSA) is 28.2 Å². The second-order valence-corrected chi connectivity index (χ2v) is 5.34. The molecule has 1 N–H and O–H groups in total. The molecule has 0 amide bonds. The third kappa shape index (κ3) is 2.29. The van der Waals surface area contributed by atoms with Crippen LogP contribution in [0.5, 0.6) is 0 Å². The van der Waals surface area contributed by atoms with Crippen molar-refractivity contribution in [2.75, 3.05) is 11.4 Å². The van der Waals surface area contributed by atoms with Crippen LogP contribution in [0.1, 0.15) is 25.0 Å². The Kier molecular flexibility index (Phi) is 3.70. The second-order valence-electron chi connectivity index (χ2n) is 5.34. The van der Waals surface area contributed by atoms with Crippen molar-refractivity contribution in [3.8, 4) is 0 Å². The molecule has 3 rings (SSSR count). The molecule has 3 heteroatoms. The quantitative estimate of drug-likeness (QED) is 0.921. The molecule has 0 saturated heterocycles. The van der Waals surface area contributed by atoms with Crippen molar-refractivity contribution in [2.45, 2.75) is 32.9 Å². The van der Waals surface area contributed by atoms with E-state index in [-0.39, 0.29) is 0 Å². The molecular weight excluding hydrogens is 246 g/mol. The molecule has 3 nitrogen and oxygen atoms in total. The van der Waals surface area contributed by atoms with Crippen LogP contribution in [0.3, 0.4) is 0 Å². The third-order valence-electron chi connectivity index (χ3n) is 3.91. The molecule has 20 heavy (non-hydrogen) atoms. The lowest BCUT2D eigenvalue weighted by Crippen LogP contribution is -2.26. The van der Waals surface area contributed by atoms with Crippen LogP contribution in [0.25, 0.3) is 0 Å². The van der Waals surface area contributed by atoms with Gasteiger partial charge >= 0.3 is 0 Å². The number of pyridine rings is 1. The van der Waals surface area contributed by atoms with Gasteiger partial charge in [-0.15, -0.1) is 0 Å². The van der Waals surface area contributed by atoms with E-state index in [0.29, 0.717) is 6.04 Å². The van der Waals surface area contributed by atoms with Crippen molar-refractivity contribution in [1.82, 2.24) is 10.3 Å². The molecule has 1 atom stereocenters. The molecule has 1 aromatic carbocycles. The maximum absolute atomic E-state index is 4.28. The Bertz CT molecular complexity index is 594. The normalized spacial score (nSPS) is 17.3. The summed E-state index contributed by atoms with van der Waals surface area (Å²) in [5, 5.41) is 3.40. The molecule has 1 unspecified atom stereocenters. The number of anilines is 2. The Balaban J connectivity index is 2.01. The lowest BCUT2D eigenvalue weighted by Gasteiger charge is -2.27. The van der Waals surface area contributed by atoms with Crippen LogP contribution in [0.15, 0.2) is 42.7 Å². The Labute approximate surface area is 120 Å². The summed E-state index contributed by atoms with van der Waals surface area (Å²) in [6, 6.07) is 11.3. The summed E-state index contributed by atoms with van der Waals surface area (Å²) < 4.78 is 0. The predicted octanol–water partition coefficient (Wildman–Crippen LogP) is 3.27. The molecular formula is C17H21N3. The molecule has 2 aromatic rings. The fraction of sp³-hybridized carbons (Fsp3) is 0.353. The molecule has 1 aromatic heterocycles. The average molecular weight is 267 g/mol. The molecule has 0 spiro atoms. The molecule has 104 valence electrons. The zero-order valence-corrected chi connectivity index (χ0v) is 12.1. The van der Waals surface area contributed by atoms with E-state index in [1.807, 2.05) is 12.4 Å². The van der Waals surface area contributed by atoms with Gasteiger partial charge in [-0.05, 0) is 37.6 Å². The smallest absolute Gasteiger partial charge is 0.0490 e. The van der Waals surface area contributed by atoms with Gasteiger partial charge in [0.25, 0.3) is 0 Å². The van der Waals surface area contributed by atoms with E-state index in [1.165, 1.54) is 22.5 Å². The van der Waals surface area contributed by atoms with E-state index in [1.54, 1.807) is 0 Å². The van der Waals surface area contributed by atoms with E-state index >= 15 is 0 Å². The number of nitrogens with one attached hydrogen (secondary N) is 1. The van der Waals surface area contributed by atoms with Crippen LogP contribution in [-0.4, -0.2) is 17.6 Å². The van der Waals surface area contributed by atoms with Crippen LogP contribution in [0, 0.1) is 0 Å². The van der Waals surface area contributed by atoms with Crippen LogP contribution >= 0.6 is 0 Å². The Morgan fingerprint density at radius 2 is 2.10 bits per heavy atom. The summed E-state index contributed by atoms with van der Waals surface area (Å²) in [5.74, 6) is 0. The van der Waals surface area contributed by atoms with Gasteiger partial charge < -0.3 is 10.2 Å². The average Bonchev–Trinajstić information content (AvgIpc) is 2.81. The summed E-state index contributed by atoms with van der Waals surface area (Å²) in [4.78, 5) is 6.73. The third-order valence-corrected chi connectivity index (χ3v) is 3.91. The Morgan fingerprint density at radius 3 is 2.95 bits per heavy atom. The van der Waals surface area contributed by atoms with Crippen molar-refractivity contribution in [3.05, 3.63) is 53.9 Å². The number of benzene rings is 1. The van der Waals surface area contributed by atoms with E-state index in [9.17, 15) is 0 Å². The summed E-state index contributed by atoms with van der Waals surface area (Å²) in [6.45, 7) is 6.26. The molecule has 1 aliphatic heterocycles. The highest BCUT2D eigenvalue weighted by molar-refractivity contribution is 5.72. The van der Waals surface area contributed by atoms with E-state index in [4.69, 9.17) is 0 Å². The van der Waals surface area contributed by atoms with Gasteiger partial charge in [-0.1, -0.05) is 25.1 Å². The van der Waals surface area contributed by atoms with Crippen LogP contribution in [-0.2, 0) is 13.0 Å². The molecule has 0 bridgehead atoms. The lowest BCUT2D eigenvalue weighted by atomic mass is 10.1. The van der Waals surface area contributed by atoms with Gasteiger partial charge in [-0.3, -0.25) is 4.98 Å². The van der Waals surface area contributed by atoms with Gasteiger partial charge in [0.2, 0.25) is 0 Å². The number of nitrogens with zero attached hydrogens (tertiary/aromatic N) is 2. The van der Waals surface area contributed by atoms with E-state index in [0.717, 1.165) is 19.5 Å². The SMILES string of the molecule is CCNCc1cnccc1N1c2ccccc2CC1C. The maximum atomic E-state index is 4.28. The molecule has 0 saturated carbocycles. The number of aromatic nitrogens is 1. The summed E-state index contributed by atoms with van der Waals surface area (Å²) in [5.41, 5.74) is 5.31. The zero-order chi connectivity index (χ0) is 13.9. The van der Waals surface area contributed by atoms with Gasteiger partial charge in [0.15, 0.2) is 0 Å². The largest absolute Gasteiger partial charge is 0.338 e. The molecule has 0 aliphatic carbocycles. The minimum atomic E-state index is 0.496. The standard InChI is InChI=1S/C17H21N3/c1-3-18-11-15-12-19-9-8-17(15)20-13(2)10-14-6-4-5-7-16(14)20/h4-9,12-13,18H,3,10-11H2,1-2H3. The van der Waals surface area contributed by atoms with Crippen molar-refractivity contribution in [1.29, 1.82) is 0 Å². The van der Waals surface area contributed by atoms with Crippen LogP contribution in [0.4, 0.5) is 11.4 Å². The summed E-state index contributed by atoms with van der Waals surface area (Å²) in [6.07, 6.45) is 4.98. The van der Waals surface area contributed by atoms with Crippen LogP contribution in [0.2, 0.25) is 0 Å². The first-order valence-electron chi connectivity index (χ1n) is 7.32. The first kappa shape index (κ1) is 13.1. The highest BCUT2D eigenvalue weighted by atomic mass is 15.2. The van der Waals surface area contributed by atoms with E-state index in [2.05, 4.69) is 59.4 Å². The van der Waals surface area contributed by atoms with Crippen molar-refractivity contribution in [2.24, 2.45) is 0 Å². The van der Waals surface area contributed by atoms with Crippen molar-refractivity contribution >= 4 is 11.4 Å². The van der Waals surface area contributed by atoms with Gasteiger partial charge in [0.05, 0.1) is 0 Å². The molecule has 0 radical (unpaired) electrons. The maximum Gasteiger partial charge on any atom is 0.0490 e. The molecule has 1 aliphatic rings. The fourth-order valence-electron chi connectivity index (χ4n) is 2.98. The number of rotatable bonds is 4.